The lowest BCUT2D eigenvalue weighted by molar-refractivity contribution is -0.119. The number of hydrogen-bond acceptors (Lipinski definition) is 4. The fraction of sp³-hybridized carbons (Fsp3) is 0.333. The molecule has 3 rings (SSSR count). The Kier molecular flexibility index (Phi) is 6.90. The summed E-state index contributed by atoms with van der Waals surface area (Å²) in [6, 6.07) is 15.3. The van der Waals surface area contributed by atoms with Gasteiger partial charge in [-0.1, -0.05) is 24.3 Å². The molecule has 5 nitrogen and oxygen atoms in total. The van der Waals surface area contributed by atoms with Gasteiger partial charge in [0.2, 0.25) is 5.91 Å². The molecule has 1 saturated heterocycles. The van der Waals surface area contributed by atoms with Crippen LogP contribution in [-0.2, 0) is 17.9 Å². The fourth-order valence-corrected chi connectivity index (χ4v) is 3.95. The molecule has 0 spiro atoms. The molecule has 0 saturated carbocycles. The molecule has 142 valence electrons. The van der Waals surface area contributed by atoms with E-state index in [2.05, 4.69) is 21.6 Å². The number of thioether (sulfide) groups is 1. The van der Waals surface area contributed by atoms with E-state index >= 15 is 0 Å². The summed E-state index contributed by atoms with van der Waals surface area (Å²) in [6.45, 7) is 5.11. The van der Waals surface area contributed by atoms with Crippen molar-refractivity contribution in [2.24, 2.45) is 0 Å². The molecule has 2 N–H and O–H groups in total. The van der Waals surface area contributed by atoms with Crippen LogP contribution in [0, 0.1) is 0 Å². The maximum absolute atomic E-state index is 12.5. The first-order chi connectivity index (χ1) is 13.1. The van der Waals surface area contributed by atoms with E-state index in [1.165, 1.54) is 24.0 Å². The summed E-state index contributed by atoms with van der Waals surface area (Å²) in [5.74, 6) is 2.18. The van der Waals surface area contributed by atoms with Crippen molar-refractivity contribution in [3.05, 3.63) is 65.2 Å². The number of nitrogens with one attached hydrogen (secondary N) is 2. The Bertz CT molecular complexity index is 786. The van der Waals surface area contributed by atoms with Crippen LogP contribution >= 0.6 is 11.8 Å². The van der Waals surface area contributed by atoms with Gasteiger partial charge < -0.3 is 10.6 Å². The quantitative estimate of drug-likeness (QED) is 0.805. The van der Waals surface area contributed by atoms with Crippen LogP contribution in [0.1, 0.15) is 28.4 Å². The van der Waals surface area contributed by atoms with Crippen LogP contribution in [0.2, 0.25) is 0 Å². The monoisotopic (exact) mass is 383 g/mol. The molecule has 0 bridgehead atoms. The van der Waals surface area contributed by atoms with Crippen LogP contribution in [-0.4, -0.2) is 41.3 Å². The summed E-state index contributed by atoms with van der Waals surface area (Å²) in [6.07, 6.45) is 0. The Balaban J connectivity index is 1.58. The minimum Gasteiger partial charge on any atom is -0.352 e. The van der Waals surface area contributed by atoms with Gasteiger partial charge in [-0.2, -0.15) is 11.8 Å². The van der Waals surface area contributed by atoms with Crippen molar-refractivity contribution >= 4 is 29.3 Å². The van der Waals surface area contributed by atoms with Crippen LogP contribution < -0.4 is 10.6 Å². The third-order valence-corrected chi connectivity index (χ3v) is 5.39. The zero-order valence-electron chi connectivity index (χ0n) is 15.5. The highest BCUT2D eigenvalue weighted by molar-refractivity contribution is 7.99. The first-order valence-electron chi connectivity index (χ1n) is 9.14. The lowest BCUT2D eigenvalue weighted by Crippen LogP contribution is -2.31. The van der Waals surface area contributed by atoms with Gasteiger partial charge in [-0.3, -0.25) is 14.5 Å². The number of carbonyl (C=O) groups excluding carboxylic acids is 2. The average molecular weight is 384 g/mol. The van der Waals surface area contributed by atoms with Gasteiger partial charge in [-0.05, 0) is 35.4 Å². The van der Waals surface area contributed by atoms with Crippen LogP contribution in [0.25, 0.3) is 0 Å². The molecular formula is C21H25N3O2S. The summed E-state index contributed by atoms with van der Waals surface area (Å²) in [7, 11) is 0. The zero-order chi connectivity index (χ0) is 19.1. The molecule has 27 heavy (non-hydrogen) atoms. The molecule has 6 heteroatoms. The number of rotatable bonds is 6. The second kappa shape index (κ2) is 9.58. The number of nitrogens with zero attached hydrogens (tertiary/aromatic N) is 1. The largest absolute Gasteiger partial charge is 0.352 e. The molecule has 0 aromatic heterocycles. The van der Waals surface area contributed by atoms with Gasteiger partial charge in [0.15, 0.2) is 0 Å². The lowest BCUT2D eigenvalue weighted by atomic mass is 10.1. The fourth-order valence-electron chi connectivity index (χ4n) is 2.97. The van der Waals surface area contributed by atoms with Gasteiger partial charge in [0, 0.05) is 55.9 Å². The van der Waals surface area contributed by atoms with Gasteiger partial charge in [0.1, 0.15) is 0 Å². The van der Waals surface area contributed by atoms with Gasteiger partial charge in [-0.15, -0.1) is 0 Å². The normalized spacial score (nSPS) is 14.6. The highest BCUT2D eigenvalue weighted by Crippen LogP contribution is 2.17. The number of benzene rings is 2. The molecule has 2 amide bonds. The molecule has 0 atom stereocenters. The second-order valence-electron chi connectivity index (χ2n) is 6.65. The van der Waals surface area contributed by atoms with Crippen molar-refractivity contribution in [1.29, 1.82) is 0 Å². The molecule has 1 aliphatic heterocycles. The third-order valence-electron chi connectivity index (χ3n) is 4.45. The van der Waals surface area contributed by atoms with Crippen molar-refractivity contribution < 1.29 is 9.59 Å². The van der Waals surface area contributed by atoms with Crippen molar-refractivity contribution in [1.82, 2.24) is 10.2 Å². The standard InChI is InChI=1S/C21H25N3O2S/c1-16(25)22-14-17-5-7-19(8-6-17)21(26)23-20-4-2-3-18(13-20)15-24-9-11-27-12-10-24/h2-8,13H,9-12,14-15H2,1H3,(H,22,25)(H,23,26). The van der Waals surface area contributed by atoms with Crippen molar-refractivity contribution in [2.75, 3.05) is 29.9 Å². The Morgan fingerprint density at radius 2 is 1.78 bits per heavy atom. The first-order valence-corrected chi connectivity index (χ1v) is 10.3. The van der Waals surface area contributed by atoms with E-state index in [0.29, 0.717) is 12.1 Å². The molecule has 0 unspecified atom stereocenters. The lowest BCUT2D eigenvalue weighted by Gasteiger charge is -2.26. The topological polar surface area (TPSA) is 61.4 Å². The summed E-state index contributed by atoms with van der Waals surface area (Å²) in [5, 5.41) is 5.72. The predicted molar refractivity (Wildman–Crippen MR) is 111 cm³/mol. The zero-order valence-corrected chi connectivity index (χ0v) is 16.3. The minimum absolute atomic E-state index is 0.0694. The maximum atomic E-state index is 12.5. The number of amides is 2. The average Bonchev–Trinajstić information content (AvgIpc) is 2.68. The van der Waals surface area contributed by atoms with Gasteiger partial charge in [-0.25, -0.2) is 0 Å². The molecule has 0 aliphatic carbocycles. The Morgan fingerprint density at radius 1 is 1.04 bits per heavy atom. The molecule has 1 heterocycles. The van der Waals surface area contributed by atoms with Crippen molar-refractivity contribution in [3.63, 3.8) is 0 Å². The number of anilines is 1. The van der Waals surface area contributed by atoms with E-state index in [1.54, 1.807) is 12.1 Å². The minimum atomic E-state index is -0.132. The van der Waals surface area contributed by atoms with E-state index in [4.69, 9.17) is 0 Å². The highest BCUT2D eigenvalue weighted by atomic mass is 32.2. The van der Waals surface area contributed by atoms with E-state index in [9.17, 15) is 9.59 Å². The Morgan fingerprint density at radius 3 is 2.48 bits per heavy atom. The second-order valence-corrected chi connectivity index (χ2v) is 7.87. The van der Waals surface area contributed by atoms with E-state index in [-0.39, 0.29) is 11.8 Å². The van der Waals surface area contributed by atoms with E-state index in [0.717, 1.165) is 30.9 Å². The first kappa shape index (κ1) is 19.5. The van der Waals surface area contributed by atoms with Gasteiger partial charge in [0.05, 0.1) is 0 Å². The van der Waals surface area contributed by atoms with Crippen LogP contribution in [0.3, 0.4) is 0 Å². The third kappa shape index (κ3) is 6.12. The van der Waals surface area contributed by atoms with Gasteiger partial charge >= 0.3 is 0 Å². The Labute approximate surface area is 164 Å². The van der Waals surface area contributed by atoms with Crippen LogP contribution in [0.15, 0.2) is 48.5 Å². The number of hydrogen-bond donors (Lipinski definition) is 2. The molecular weight excluding hydrogens is 358 g/mol. The summed E-state index contributed by atoms with van der Waals surface area (Å²) in [4.78, 5) is 25.9. The van der Waals surface area contributed by atoms with E-state index < -0.39 is 0 Å². The molecule has 1 fully saturated rings. The van der Waals surface area contributed by atoms with E-state index in [1.807, 2.05) is 42.1 Å². The summed E-state index contributed by atoms with van der Waals surface area (Å²) < 4.78 is 0. The molecule has 2 aromatic carbocycles. The van der Waals surface area contributed by atoms with Gasteiger partial charge in [0.25, 0.3) is 5.91 Å². The molecule has 0 radical (unpaired) electrons. The smallest absolute Gasteiger partial charge is 0.255 e. The molecule has 2 aromatic rings. The molecule has 1 aliphatic rings. The Hall–Kier alpha value is -2.31. The highest BCUT2D eigenvalue weighted by Gasteiger charge is 2.11. The van der Waals surface area contributed by atoms with Crippen LogP contribution in [0.5, 0.6) is 0 Å². The SMILES string of the molecule is CC(=O)NCc1ccc(C(=O)Nc2cccc(CN3CCSCC3)c2)cc1. The van der Waals surface area contributed by atoms with Crippen molar-refractivity contribution in [2.45, 2.75) is 20.0 Å². The summed E-state index contributed by atoms with van der Waals surface area (Å²) in [5.41, 5.74) is 3.58. The summed E-state index contributed by atoms with van der Waals surface area (Å²) >= 11 is 2.00. The predicted octanol–water partition coefficient (Wildman–Crippen LogP) is 3.12. The van der Waals surface area contributed by atoms with Crippen molar-refractivity contribution in [3.8, 4) is 0 Å². The van der Waals surface area contributed by atoms with Crippen LogP contribution in [0.4, 0.5) is 5.69 Å². The maximum Gasteiger partial charge on any atom is 0.255 e. The number of carbonyl (C=O) groups is 2.